The number of furan rings is 1. The van der Waals surface area contributed by atoms with Gasteiger partial charge in [0.25, 0.3) is 0 Å². The van der Waals surface area contributed by atoms with Gasteiger partial charge in [-0.1, -0.05) is 147 Å². The molecule has 7 aromatic carbocycles. The van der Waals surface area contributed by atoms with Gasteiger partial charge in [-0.3, -0.25) is 0 Å². The highest BCUT2D eigenvalue weighted by atomic mass is 16.3. The molecule has 0 unspecified atom stereocenters. The average Bonchev–Trinajstić information content (AvgIpc) is 3.78. The summed E-state index contributed by atoms with van der Waals surface area (Å²) in [6.45, 7) is 4.00. The molecule has 0 atom stereocenters. The molecular weight excluding hydrogens is 637 g/mol. The smallest absolute Gasteiger partial charge is 0.167 e. The monoisotopic (exact) mass is 670 g/mol. The molecule has 0 aliphatic heterocycles. The van der Waals surface area contributed by atoms with Gasteiger partial charge in [-0.15, -0.1) is 0 Å². The van der Waals surface area contributed by atoms with E-state index >= 15 is 0 Å². The Hall–Kier alpha value is -6.85. The molecule has 248 valence electrons. The van der Waals surface area contributed by atoms with E-state index in [-0.39, 0.29) is 0 Å². The lowest BCUT2D eigenvalue weighted by Crippen LogP contribution is -2.00. The lowest BCUT2D eigenvalue weighted by atomic mass is 10.00. The van der Waals surface area contributed by atoms with Gasteiger partial charge in [0, 0.05) is 43.9 Å². The maximum absolute atomic E-state index is 6.88. The Balaban J connectivity index is 0.00000177. The summed E-state index contributed by atoms with van der Waals surface area (Å²) >= 11 is 0. The predicted octanol–water partition coefficient (Wildman–Crippen LogP) is 12.6. The molecule has 0 aliphatic carbocycles. The lowest BCUT2D eigenvalue weighted by molar-refractivity contribution is 0.670. The van der Waals surface area contributed by atoms with Crippen molar-refractivity contribution in [3.63, 3.8) is 0 Å². The summed E-state index contributed by atoms with van der Waals surface area (Å²) in [5, 5.41) is 4.48. The quantitative estimate of drug-likeness (QED) is 0.183. The number of aromatic nitrogens is 4. The number of hydrogen-bond acceptors (Lipinski definition) is 4. The zero-order chi connectivity index (χ0) is 35.0. The zero-order valence-corrected chi connectivity index (χ0v) is 28.9. The minimum atomic E-state index is 0.569. The average molecular weight is 671 g/mol. The van der Waals surface area contributed by atoms with Crippen molar-refractivity contribution in [2.24, 2.45) is 0 Å². The molecule has 52 heavy (non-hydrogen) atoms. The van der Waals surface area contributed by atoms with E-state index in [0.29, 0.717) is 17.5 Å². The number of rotatable bonds is 5. The summed E-state index contributed by atoms with van der Waals surface area (Å²) in [5.74, 6) is 1.80. The van der Waals surface area contributed by atoms with Crippen LogP contribution in [0.2, 0.25) is 0 Å². The van der Waals surface area contributed by atoms with Crippen molar-refractivity contribution in [3.8, 4) is 51.0 Å². The second-order valence-electron chi connectivity index (χ2n) is 12.4. The molecule has 5 nitrogen and oxygen atoms in total. The standard InChI is InChI=1S/C45H28N4O.C2H6/c1-4-14-29(15-5-1)43-46-44(30-16-6-2-7-17-30)48-45(47-43)37-24-13-23-36-35-22-12-21-33(41(35)50-42(36)37)31-26-27-40-38(28-31)34-20-10-11-25-39(34)49(40)32-18-8-3-9-19-32;1-2/h1-28H;1-2H3. The van der Waals surface area contributed by atoms with Gasteiger partial charge in [-0.25, -0.2) is 15.0 Å². The minimum Gasteiger partial charge on any atom is -0.455 e. The first kappa shape index (κ1) is 31.2. The van der Waals surface area contributed by atoms with Crippen LogP contribution >= 0.6 is 0 Å². The Labute approximate surface area is 301 Å². The highest BCUT2D eigenvalue weighted by molar-refractivity contribution is 6.14. The molecule has 0 saturated carbocycles. The van der Waals surface area contributed by atoms with E-state index in [1.165, 1.54) is 21.8 Å². The number of fused-ring (bicyclic) bond motifs is 6. The fourth-order valence-corrected chi connectivity index (χ4v) is 7.15. The van der Waals surface area contributed by atoms with Gasteiger partial charge in [-0.2, -0.15) is 0 Å². The van der Waals surface area contributed by atoms with Crippen molar-refractivity contribution < 1.29 is 4.42 Å². The summed E-state index contributed by atoms with van der Waals surface area (Å²) < 4.78 is 9.22. The van der Waals surface area contributed by atoms with Crippen LogP contribution in [-0.2, 0) is 0 Å². The minimum absolute atomic E-state index is 0.569. The number of nitrogens with zero attached hydrogens (tertiary/aromatic N) is 4. The summed E-state index contributed by atoms with van der Waals surface area (Å²) in [4.78, 5) is 14.9. The Morgan fingerprint density at radius 1 is 0.385 bits per heavy atom. The molecule has 3 heterocycles. The van der Waals surface area contributed by atoms with Crippen LogP contribution < -0.4 is 0 Å². The van der Waals surface area contributed by atoms with Gasteiger partial charge in [0.1, 0.15) is 11.2 Å². The molecule has 0 spiro atoms. The first-order valence-electron chi connectivity index (χ1n) is 17.7. The molecule has 5 heteroatoms. The highest BCUT2D eigenvalue weighted by Crippen LogP contribution is 2.41. The molecule has 10 aromatic rings. The van der Waals surface area contributed by atoms with Crippen molar-refractivity contribution >= 4 is 43.7 Å². The highest BCUT2D eigenvalue weighted by Gasteiger charge is 2.20. The Kier molecular flexibility index (Phi) is 7.86. The summed E-state index contributed by atoms with van der Waals surface area (Å²) in [6, 6.07) is 58.6. The third-order valence-corrected chi connectivity index (χ3v) is 9.46. The zero-order valence-electron chi connectivity index (χ0n) is 28.9. The van der Waals surface area contributed by atoms with Crippen molar-refractivity contribution in [1.82, 2.24) is 19.5 Å². The molecule has 0 saturated heterocycles. The molecule has 0 bridgehead atoms. The second-order valence-corrected chi connectivity index (χ2v) is 12.4. The maximum Gasteiger partial charge on any atom is 0.167 e. The molecule has 0 aliphatic rings. The van der Waals surface area contributed by atoms with Crippen LogP contribution in [0.3, 0.4) is 0 Å². The number of benzene rings is 7. The number of hydrogen-bond donors (Lipinski definition) is 0. The summed E-state index contributed by atoms with van der Waals surface area (Å²) in [6.07, 6.45) is 0. The largest absolute Gasteiger partial charge is 0.455 e. The molecule has 0 radical (unpaired) electrons. The van der Waals surface area contributed by atoms with E-state index in [1.54, 1.807) is 0 Å². The molecule has 0 fully saturated rings. The van der Waals surface area contributed by atoms with E-state index in [4.69, 9.17) is 19.4 Å². The second kappa shape index (κ2) is 13.1. The van der Waals surface area contributed by atoms with Gasteiger partial charge < -0.3 is 8.98 Å². The first-order valence-corrected chi connectivity index (χ1v) is 17.7. The molecule has 3 aromatic heterocycles. The van der Waals surface area contributed by atoms with E-state index in [9.17, 15) is 0 Å². The van der Waals surface area contributed by atoms with Crippen LogP contribution in [0.1, 0.15) is 13.8 Å². The van der Waals surface area contributed by atoms with Crippen LogP contribution in [0.15, 0.2) is 174 Å². The van der Waals surface area contributed by atoms with Gasteiger partial charge in [0.15, 0.2) is 17.5 Å². The van der Waals surface area contributed by atoms with Crippen LogP contribution in [-0.4, -0.2) is 19.5 Å². The Morgan fingerprint density at radius 2 is 0.885 bits per heavy atom. The van der Waals surface area contributed by atoms with E-state index in [0.717, 1.165) is 55.4 Å². The molecule has 0 amide bonds. The predicted molar refractivity (Wildman–Crippen MR) is 215 cm³/mol. The third-order valence-electron chi connectivity index (χ3n) is 9.46. The van der Waals surface area contributed by atoms with Crippen LogP contribution in [0.4, 0.5) is 0 Å². The summed E-state index contributed by atoms with van der Waals surface area (Å²) in [5.41, 5.74) is 9.88. The van der Waals surface area contributed by atoms with Crippen LogP contribution in [0.5, 0.6) is 0 Å². The molecule has 0 N–H and O–H groups in total. The topological polar surface area (TPSA) is 56.7 Å². The van der Waals surface area contributed by atoms with E-state index < -0.39 is 0 Å². The van der Waals surface area contributed by atoms with Crippen LogP contribution in [0.25, 0.3) is 94.7 Å². The van der Waals surface area contributed by atoms with Gasteiger partial charge in [0.05, 0.1) is 16.6 Å². The van der Waals surface area contributed by atoms with Crippen LogP contribution in [0, 0.1) is 0 Å². The Bertz CT molecular complexity index is 2800. The first-order chi connectivity index (χ1) is 25.8. The fraction of sp³-hybridized carbons (Fsp3) is 0.0426. The van der Waals surface area contributed by atoms with E-state index in [2.05, 4.69) is 108 Å². The molecule has 10 rings (SSSR count). The van der Waals surface area contributed by atoms with Gasteiger partial charge >= 0.3 is 0 Å². The molecular formula is C47H34N4O. The lowest BCUT2D eigenvalue weighted by Gasteiger charge is -2.08. The van der Waals surface area contributed by atoms with Crippen molar-refractivity contribution in [2.45, 2.75) is 13.8 Å². The normalized spacial score (nSPS) is 11.3. The van der Waals surface area contributed by atoms with Gasteiger partial charge in [-0.05, 0) is 42.0 Å². The number of para-hydroxylation sites is 4. The van der Waals surface area contributed by atoms with E-state index in [1.807, 2.05) is 80.6 Å². The third kappa shape index (κ3) is 5.22. The SMILES string of the molecule is CC.c1ccc(-c2nc(-c3ccccc3)nc(-c3cccc4c3oc3c(-c5ccc6c(c5)c5ccccc5n6-c5ccccc5)cccc34)n2)cc1. The van der Waals surface area contributed by atoms with Crippen molar-refractivity contribution in [1.29, 1.82) is 0 Å². The van der Waals surface area contributed by atoms with Crippen molar-refractivity contribution in [2.75, 3.05) is 0 Å². The van der Waals surface area contributed by atoms with Gasteiger partial charge in [0.2, 0.25) is 0 Å². The summed E-state index contributed by atoms with van der Waals surface area (Å²) in [7, 11) is 0. The maximum atomic E-state index is 6.88. The fourth-order valence-electron chi connectivity index (χ4n) is 7.15. The van der Waals surface area contributed by atoms with Crippen molar-refractivity contribution in [3.05, 3.63) is 170 Å². The Morgan fingerprint density at radius 3 is 1.54 bits per heavy atom.